The fourth-order valence-electron chi connectivity index (χ4n) is 5.30. The van der Waals surface area contributed by atoms with Gasteiger partial charge in [0.1, 0.15) is 17.5 Å². The molecule has 1 fully saturated rings. The fraction of sp³-hybridized carbons (Fsp3) is 0.440. The number of alkyl halides is 3. The second-order valence-corrected chi connectivity index (χ2v) is 9.24. The number of nitrogens with zero attached hydrogens (tertiary/aromatic N) is 2. The van der Waals surface area contributed by atoms with Crippen molar-refractivity contribution in [2.24, 2.45) is 0 Å². The lowest BCUT2D eigenvalue weighted by Gasteiger charge is -2.40. The van der Waals surface area contributed by atoms with Crippen molar-refractivity contribution in [2.75, 3.05) is 44.7 Å². The van der Waals surface area contributed by atoms with Crippen LogP contribution >= 0.6 is 0 Å². The Kier molecular flexibility index (Phi) is 6.67. The highest BCUT2D eigenvalue weighted by atomic mass is 19.3. The number of rotatable bonds is 8. The van der Waals surface area contributed by atoms with Crippen molar-refractivity contribution in [2.45, 2.75) is 31.4 Å². The molecule has 0 spiro atoms. The van der Waals surface area contributed by atoms with Crippen LogP contribution in [0.15, 0.2) is 30.3 Å². The first kappa shape index (κ1) is 24.0. The first-order chi connectivity index (χ1) is 16.8. The molecule has 0 bridgehead atoms. The van der Waals surface area contributed by atoms with Crippen LogP contribution in [0.1, 0.15) is 29.3 Å². The molecule has 0 saturated carbocycles. The van der Waals surface area contributed by atoms with Crippen LogP contribution in [-0.2, 0) is 6.42 Å². The molecule has 4 nitrogen and oxygen atoms in total. The van der Waals surface area contributed by atoms with Gasteiger partial charge in [0.05, 0.1) is 25.3 Å². The summed E-state index contributed by atoms with van der Waals surface area (Å²) in [6.45, 7) is 1.04. The van der Waals surface area contributed by atoms with Crippen molar-refractivity contribution in [3.63, 3.8) is 0 Å². The molecule has 0 aliphatic carbocycles. The van der Waals surface area contributed by atoms with Gasteiger partial charge in [0.2, 0.25) is 0 Å². The Morgan fingerprint density at radius 3 is 2.49 bits per heavy atom. The van der Waals surface area contributed by atoms with Gasteiger partial charge in [-0.25, -0.2) is 22.0 Å². The molecule has 2 aromatic carbocycles. The summed E-state index contributed by atoms with van der Waals surface area (Å²) in [5.74, 6) is -2.14. The number of hydrogen-bond acceptors (Lipinski definition) is 3. The molecule has 2 N–H and O–H groups in total. The van der Waals surface area contributed by atoms with E-state index in [1.807, 2.05) is 4.90 Å². The summed E-state index contributed by atoms with van der Waals surface area (Å²) in [7, 11) is 0. The first-order valence-corrected chi connectivity index (χ1v) is 11.7. The summed E-state index contributed by atoms with van der Waals surface area (Å²) in [6.07, 6.45) is -1.89. The zero-order chi connectivity index (χ0) is 24.7. The Morgan fingerprint density at radius 1 is 1.06 bits per heavy atom. The molecule has 3 aromatic rings. The summed E-state index contributed by atoms with van der Waals surface area (Å²) in [5.41, 5.74) is 1.61. The van der Waals surface area contributed by atoms with E-state index in [1.54, 1.807) is 0 Å². The van der Waals surface area contributed by atoms with Crippen LogP contribution < -0.4 is 5.32 Å². The second kappa shape index (κ2) is 9.73. The summed E-state index contributed by atoms with van der Waals surface area (Å²) in [5, 5.41) is 3.67. The van der Waals surface area contributed by atoms with E-state index in [9.17, 15) is 17.6 Å². The van der Waals surface area contributed by atoms with Gasteiger partial charge in [-0.15, -0.1) is 0 Å². The highest BCUT2D eigenvalue weighted by molar-refractivity contribution is 5.85. The Morgan fingerprint density at radius 2 is 1.80 bits per heavy atom. The maximum atomic E-state index is 15.4. The monoisotopic (exact) mass is 496 g/mol. The van der Waals surface area contributed by atoms with Gasteiger partial charge in [-0.3, -0.25) is 14.2 Å². The summed E-state index contributed by atoms with van der Waals surface area (Å²) < 4.78 is 83.8. The minimum Gasteiger partial charge on any atom is -0.380 e. The summed E-state index contributed by atoms with van der Waals surface area (Å²) >= 11 is 0. The number of hydrogen-bond donors (Lipinski definition) is 2. The van der Waals surface area contributed by atoms with E-state index in [-0.39, 0.29) is 30.5 Å². The molecule has 1 aromatic heterocycles. The minimum atomic E-state index is -2.69. The molecule has 3 heterocycles. The molecule has 0 amide bonds. The molecule has 1 atom stereocenters. The maximum Gasteiger partial charge on any atom is 0.251 e. The van der Waals surface area contributed by atoms with E-state index in [4.69, 9.17) is 0 Å². The van der Waals surface area contributed by atoms with Crippen molar-refractivity contribution in [1.82, 2.24) is 14.8 Å². The number of anilines is 1. The Hall–Kier alpha value is -2.72. The fourth-order valence-corrected chi connectivity index (χ4v) is 5.30. The number of H-pyrrole nitrogens is 1. The quantitative estimate of drug-likeness (QED) is 0.418. The molecule has 2 aliphatic heterocycles. The number of nitrogens with one attached hydrogen (secondary N) is 2. The summed E-state index contributed by atoms with van der Waals surface area (Å²) in [6, 6.07) is 5.40. The van der Waals surface area contributed by atoms with Crippen LogP contribution in [-0.4, -0.2) is 66.6 Å². The van der Waals surface area contributed by atoms with Crippen molar-refractivity contribution in [3.05, 3.63) is 64.6 Å². The zero-order valence-electron chi connectivity index (χ0n) is 18.9. The van der Waals surface area contributed by atoms with Crippen molar-refractivity contribution in [1.29, 1.82) is 0 Å². The highest BCUT2D eigenvalue weighted by Crippen LogP contribution is 2.41. The van der Waals surface area contributed by atoms with Crippen molar-refractivity contribution < 1.29 is 26.3 Å². The van der Waals surface area contributed by atoms with Crippen LogP contribution in [0.4, 0.5) is 32.0 Å². The average Bonchev–Trinajstić information content (AvgIpc) is 3.13. The van der Waals surface area contributed by atoms with Crippen molar-refractivity contribution >= 4 is 16.6 Å². The molecule has 0 unspecified atom stereocenters. The van der Waals surface area contributed by atoms with Crippen molar-refractivity contribution in [3.8, 4) is 0 Å². The van der Waals surface area contributed by atoms with Crippen LogP contribution in [0, 0.1) is 17.5 Å². The van der Waals surface area contributed by atoms with Crippen LogP contribution in [0.2, 0.25) is 0 Å². The predicted molar refractivity (Wildman–Crippen MR) is 122 cm³/mol. The molecule has 1 saturated heterocycles. The SMILES string of the molecule is FCCCN1CC(Nc2cc(F)c([C@H]3c4[nH]c5ccc(F)cc5c4CCN3CC(F)F)c(F)c2)C1. The minimum absolute atomic E-state index is 0.0144. The van der Waals surface area contributed by atoms with Gasteiger partial charge in [-0.2, -0.15) is 0 Å². The highest BCUT2D eigenvalue weighted by Gasteiger charge is 2.37. The van der Waals surface area contributed by atoms with Gasteiger partial charge in [-0.05, 0) is 48.7 Å². The predicted octanol–water partition coefficient (Wildman–Crippen LogP) is 5.25. The topological polar surface area (TPSA) is 34.3 Å². The second-order valence-electron chi connectivity index (χ2n) is 9.24. The lowest BCUT2D eigenvalue weighted by molar-refractivity contribution is 0.0680. The smallest absolute Gasteiger partial charge is 0.251 e. The summed E-state index contributed by atoms with van der Waals surface area (Å²) in [4.78, 5) is 6.51. The molecule has 5 rings (SSSR count). The number of aromatic nitrogens is 1. The Balaban J connectivity index is 1.46. The average molecular weight is 496 g/mol. The molecule has 2 aliphatic rings. The third-order valence-electron chi connectivity index (χ3n) is 6.85. The standard InChI is InChI=1S/C25H26F6N4/c26-5-1-6-34-11-16(12-34)32-15-9-19(28)23(20(29)10-15)25-24-17(4-7-35(25)13-22(30)31)18-8-14(27)2-3-21(18)33-24/h2-3,8-10,16,22,25,32-33H,1,4-7,11-13H2/t25-/m0/s1. The van der Waals surface area contributed by atoms with Gasteiger partial charge in [-0.1, -0.05) is 0 Å². The molecular formula is C25H26F6N4. The van der Waals surface area contributed by atoms with Crippen LogP contribution in [0.25, 0.3) is 10.9 Å². The third kappa shape index (κ3) is 4.73. The maximum absolute atomic E-state index is 15.4. The first-order valence-electron chi connectivity index (χ1n) is 11.7. The lowest BCUT2D eigenvalue weighted by Crippen LogP contribution is -2.54. The molecular weight excluding hydrogens is 470 g/mol. The normalized spacial score (nSPS) is 19.3. The lowest BCUT2D eigenvalue weighted by atomic mass is 9.91. The van der Waals surface area contributed by atoms with Crippen LogP contribution in [0.3, 0.4) is 0 Å². The number of fused-ring (bicyclic) bond motifs is 3. The molecule has 188 valence electrons. The molecule has 10 heteroatoms. The molecule has 35 heavy (non-hydrogen) atoms. The Bertz CT molecular complexity index is 1180. The van der Waals surface area contributed by atoms with E-state index < -0.39 is 36.5 Å². The van der Waals surface area contributed by atoms with E-state index in [0.717, 1.165) is 0 Å². The van der Waals surface area contributed by atoms with E-state index in [1.165, 1.54) is 35.2 Å². The number of likely N-dealkylation sites (tertiary alicyclic amines) is 1. The van der Waals surface area contributed by atoms with Gasteiger partial charge in [0.25, 0.3) is 6.43 Å². The van der Waals surface area contributed by atoms with Gasteiger partial charge < -0.3 is 10.3 Å². The van der Waals surface area contributed by atoms with Gasteiger partial charge in [0.15, 0.2) is 0 Å². The van der Waals surface area contributed by atoms with Gasteiger partial charge >= 0.3 is 0 Å². The third-order valence-corrected chi connectivity index (χ3v) is 6.85. The zero-order valence-corrected chi connectivity index (χ0v) is 18.9. The van der Waals surface area contributed by atoms with Gasteiger partial charge in [0, 0.05) is 54.0 Å². The van der Waals surface area contributed by atoms with E-state index in [0.29, 0.717) is 54.6 Å². The number of aromatic amines is 1. The number of halogens is 6. The number of benzene rings is 2. The van der Waals surface area contributed by atoms with E-state index >= 15 is 8.78 Å². The largest absolute Gasteiger partial charge is 0.380 e. The Labute approximate surface area is 198 Å². The van der Waals surface area contributed by atoms with E-state index in [2.05, 4.69) is 10.3 Å². The van der Waals surface area contributed by atoms with Crippen LogP contribution in [0.5, 0.6) is 0 Å². The molecule has 0 radical (unpaired) electrons.